The Labute approximate surface area is 80.7 Å². The van der Waals surface area contributed by atoms with E-state index in [9.17, 15) is 13.2 Å². The predicted octanol–water partition coefficient (Wildman–Crippen LogP) is 0.0477. The molecule has 0 saturated carbocycles. The van der Waals surface area contributed by atoms with Crippen LogP contribution in [0.15, 0.2) is 0 Å². The van der Waals surface area contributed by atoms with E-state index < -0.39 is 24.6 Å². The number of nitrogens with zero attached hydrogens (tertiary/aromatic N) is 1. The van der Waals surface area contributed by atoms with E-state index in [2.05, 4.69) is 0 Å². The first kappa shape index (κ1) is 11.7. The summed E-state index contributed by atoms with van der Waals surface area (Å²) in [4.78, 5) is 1.65. The summed E-state index contributed by atoms with van der Waals surface area (Å²) in [5, 5.41) is 8.83. The first-order chi connectivity index (χ1) is 6.49. The van der Waals surface area contributed by atoms with Crippen LogP contribution in [-0.2, 0) is 0 Å². The van der Waals surface area contributed by atoms with Crippen LogP contribution in [0.25, 0.3) is 0 Å². The zero-order valence-electron chi connectivity index (χ0n) is 7.80. The number of hydrogen-bond donors (Lipinski definition) is 2. The van der Waals surface area contributed by atoms with Crippen LogP contribution in [0.2, 0.25) is 0 Å². The van der Waals surface area contributed by atoms with Crippen molar-refractivity contribution in [1.29, 1.82) is 0 Å². The third-order valence-corrected chi connectivity index (χ3v) is 2.62. The number of hydrogen-bond acceptors (Lipinski definition) is 3. The summed E-state index contributed by atoms with van der Waals surface area (Å²) in [6.45, 7) is 0.654. The maximum absolute atomic E-state index is 12.4. The molecule has 0 bridgehead atoms. The SMILES string of the molecule is NCCN1C[C@H](CO)[C@@H](C(F)(F)F)C1. The molecule has 0 aromatic rings. The van der Waals surface area contributed by atoms with E-state index >= 15 is 0 Å². The number of halogens is 3. The lowest BCUT2D eigenvalue weighted by Gasteiger charge is -2.19. The number of likely N-dealkylation sites (tertiary alicyclic amines) is 1. The summed E-state index contributed by atoms with van der Waals surface area (Å²) in [6, 6.07) is 0. The summed E-state index contributed by atoms with van der Waals surface area (Å²) in [5.74, 6) is -2.10. The van der Waals surface area contributed by atoms with Crippen molar-refractivity contribution in [2.45, 2.75) is 6.18 Å². The third kappa shape index (κ3) is 2.59. The van der Waals surface area contributed by atoms with Gasteiger partial charge in [0.2, 0.25) is 0 Å². The van der Waals surface area contributed by atoms with Gasteiger partial charge in [0.05, 0.1) is 5.92 Å². The Kier molecular flexibility index (Phi) is 3.74. The van der Waals surface area contributed by atoms with E-state index in [-0.39, 0.29) is 13.1 Å². The van der Waals surface area contributed by atoms with E-state index in [4.69, 9.17) is 10.8 Å². The van der Waals surface area contributed by atoms with Crippen molar-refractivity contribution < 1.29 is 18.3 Å². The Morgan fingerprint density at radius 3 is 2.36 bits per heavy atom. The van der Waals surface area contributed by atoms with E-state index in [0.717, 1.165) is 0 Å². The molecule has 0 aromatic heterocycles. The van der Waals surface area contributed by atoms with Crippen LogP contribution in [0.3, 0.4) is 0 Å². The van der Waals surface area contributed by atoms with Crippen LogP contribution in [-0.4, -0.2) is 49.0 Å². The van der Waals surface area contributed by atoms with E-state index in [1.807, 2.05) is 0 Å². The van der Waals surface area contributed by atoms with Crippen LogP contribution in [0.5, 0.6) is 0 Å². The highest BCUT2D eigenvalue weighted by Gasteiger charge is 2.48. The van der Waals surface area contributed by atoms with Crippen molar-refractivity contribution in [3.63, 3.8) is 0 Å². The Morgan fingerprint density at radius 1 is 1.36 bits per heavy atom. The molecule has 0 spiro atoms. The summed E-state index contributed by atoms with van der Waals surface area (Å²) in [5.41, 5.74) is 5.26. The van der Waals surface area contributed by atoms with Gasteiger partial charge in [-0.15, -0.1) is 0 Å². The Balaban J connectivity index is 2.58. The molecule has 3 nitrogen and oxygen atoms in total. The van der Waals surface area contributed by atoms with Gasteiger partial charge in [0, 0.05) is 38.7 Å². The molecule has 6 heteroatoms. The van der Waals surface area contributed by atoms with Crippen molar-refractivity contribution in [3.8, 4) is 0 Å². The van der Waals surface area contributed by atoms with Gasteiger partial charge < -0.3 is 15.7 Å². The lowest BCUT2D eigenvalue weighted by atomic mass is 9.97. The maximum Gasteiger partial charge on any atom is 0.393 e. The first-order valence-corrected chi connectivity index (χ1v) is 4.59. The molecular weight excluding hydrogens is 197 g/mol. The van der Waals surface area contributed by atoms with Gasteiger partial charge in [-0.3, -0.25) is 0 Å². The molecule has 84 valence electrons. The van der Waals surface area contributed by atoms with Crippen LogP contribution in [0.1, 0.15) is 0 Å². The third-order valence-electron chi connectivity index (χ3n) is 2.62. The Morgan fingerprint density at radius 2 is 2.00 bits per heavy atom. The second-order valence-corrected chi connectivity index (χ2v) is 3.64. The molecule has 1 saturated heterocycles. The largest absolute Gasteiger partial charge is 0.396 e. The first-order valence-electron chi connectivity index (χ1n) is 4.59. The fourth-order valence-electron chi connectivity index (χ4n) is 1.88. The second kappa shape index (κ2) is 4.46. The molecule has 1 rings (SSSR count). The van der Waals surface area contributed by atoms with Gasteiger partial charge in [-0.25, -0.2) is 0 Å². The normalized spacial score (nSPS) is 29.8. The van der Waals surface area contributed by atoms with Crippen molar-refractivity contribution in [2.24, 2.45) is 17.6 Å². The number of nitrogens with two attached hydrogens (primary N) is 1. The summed E-state index contributed by atoms with van der Waals surface area (Å²) in [6.07, 6.45) is -4.21. The monoisotopic (exact) mass is 212 g/mol. The molecule has 3 N–H and O–H groups in total. The topological polar surface area (TPSA) is 49.5 Å². The van der Waals surface area contributed by atoms with Gasteiger partial charge in [-0.2, -0.15) is 13.2 Å². The van der Waals surface area contributed by atoms with Gasteiger partial charge in [0.25, 0.3) is 0 Å². The van der Waals surface area contributed by atoms with Gasteiger partial charge in [0.15, 0.2) is 0 Å². The van der Waals surface area contributed by atoms with Crippen LogP contribution in [0, 0.1) is 11.8 Å². The molecule has 0 unspecified atom stereocenters. The smallest absolute Gasteiger partial charge is 0.393 e. The number of rotatable bonds is 3. The molecule has 1 fully saturated rings. The molecule has 1 aliphatic heterocycles. The number of alkyl halides is 3. The zero-order chi connectivity index (χ0) is 10.8. The minimum absolute atomic E-state index is 0.0358. The van der Waals surface area contributed by atoms with Crippen LogP contribution in [0.4, 0.5) is 13.2 Å². The van der Waals surface area contributed by atoms with E-state index in [0.29, 0.717) is 13.1 Å². The molecule has 14 heavy (non-hydrogen) atoms. The van der Waals surface area contributed by atoms with E-state index in [1.54, 1.807) is 4.90 Å². The van der Waals surface area contributed by atoms with Crippen molar-refractivity contribution in [2.75, 3.05) is 32.8 Å². The van der Waals surface area contributed by atoms with Gasteiger partial charge in [-0.1, -0.05) is 0 Å². The lowest BCUT2D eigenvalue weighted by Crippen LogP contribution is -2.32. The molecule has 0 aromatic carbocycles. The van der Waals surface area contributed by atoms with Gasteiger partial charge in [-0.05, 0) is 0 Å². The highest BCUT2D eigenvalue weighted by molar-refractivity contribution is 4.87. The summed E-state index contributed by atoms with van der Waals surface area (Å²) in [7, 11) is 0. The fraction of sp³-hybridized carbons (Fsp3) is 1.00. The predicted molar refractivity (Wildman–Crippen MR) is 45.6 cm³/mol. The second-order valence-electron chi connectivity index (χ2n) is 3.64. The van der Waals surface area contributed by atoms with E-state index in [1.165, 1.54) is 0 Å². The van der Waals surface area contributed by atoms with Gasteiger partial charge in [0.1, 0.15) is 0 Å². The molecule has 2 atom stereocenters. The Hall–Kier alpha value is -0.330. The highest BCUT2D eigenvalue weighted by Crippen LogP contribution is 2.36. The molecule has 1 aliphatic rings. The lowest BCUT2D eigenvalue weighted by molar-refractivity contribution is -0.183. The average molecular weight is 212 g/mol. The minimum atomic E-state index is -4.21. The molecule has 0 amide bonds. The molecular formula is C8H15F3N2O. The van der Waals surface area contributed by atoms with Crippen molar-refractivity contribution in [3.05, 3.63) is 0 Å². The molecule has 1 heterocycles. The number of aliphatic hydroxyl groups is 1. The zero-order valence-corrected chi connectivity index (χ0v) is 7.80. The average Bonchev–Trinajstić information content (AvgIpc) is 2.47. The summed E-state index contributed by atoms with van der Waals surface area (Å²) < 4.78 is 37.3. The van der Waals surface area contributed by atoms with Crippen molar-refractivity contribution in [1.82, 2.24) is 4.90 Å². The van der Waals surface area contributed by atoms with Crippen LogP contribution >= 0.6 is 0 Å². The summed E-state index contributed by atoms with van der Waals surface area (Å²) >= 11 is 0. The maximum atomic E-state index is 12.4. The minimum Gasteiger partial charge on any atom is -0.396 e. The standard InChI is InChI=1S/C8H15F3N2O/c9-8(10,11)7-4-13(2-1-12)3-6(7)5-14/h6-7,14H,1-5,12H2/t6-,7+/m1/s1. The Bertz CT molecular complexity index is 186. The van der Waals surface area contributed by atoms with Gasteiger partial charge >= 0.3 is 6.18 Å². The number of aliphatic hydroxyl groups excluding tert-OH is 1. The van der Waals surface area contributed by atoms with Crippen LogP contribution < -0.4 is 5.73 Å². The molecule has 0 aliphatic carbocycles. The fourth-order valence-corrected chi connectivity index (χ4v) is 1.88. The quantitative estimate of drug-likeness (QED) is 0.695. The van der Waals surface area contributed by atoms with Crippen molar-refractivity contribution >= 4 is 0 Å². The highest BCUT2D eigenvalue weighted by atomic mass is 19.4. The molecule has 0 radical (unpaired) electrons.